The Bertz CT molecular complexity index is 572. The minimum absolute atomic E-state index is 0.0422. The second-order valence-electron chi connectivity index (χ2n) is 5.85. The van der Waals surface area contributed by atoms with Gasteiger partial charge in [0.1, 0.15) is 0 Å². The van der Waals surface area contributed by atoms with Crippen molar-refractivity contribution in [2.24, 2.45) is 5.73 Å². The fourth-order valence-electron chi connectivity index (χ4n) is 2.78. The van der Waals surface area contributed by atoms with Gasteiger partial charge in [-0.3, -0.25) is 0 Å². The normalized spacial score (nSPS) is 20.9. The van der Waals surface area contributed by atoms with E-state index in [1.807, 2.05) is 38.4 Å². The lowest BCUT2D eigenvalue weighted by molar-refractivity contribution is 0.190. The van der Waals surface area contributed by atoms with Crippen LogP contribution in [-0.4, -0.2) is 50.8 Å². The molecule has 1 heterocycles. The SMILES string of the molecule is CN(C)C1CCCN(S(=O)(=O)Cc2ccccc2CN)C1. The zero-order valence-corrected chi connectivity index (χ0v) is 13.6. The first-order valence-corrected chi connectivity index (χ1v) is 8.96. The maximum absolute atomic E-state index is 12.7. The standard InChI is InChI=1S/C15H25N3O2S/c1-17(2)15-8-5-9-18(11-15)21(19,20)12-14-7-4-3-6-13(14)10-16/h3-4,6-7,15H,5,8-12,16H2,1-2H3. The van der Waals surface area contributed by atoms with Crippen molar-refractivity contribution < 1.29 is 8.42 Å². The molecule has 0 bridgehead atoms. The first-order chi connectivity index (χ1) is 9.94. The van der Waals surface area contributed by atoms with E-state index < -0.39 is 10.0 Å². The summed E-state index contributed by atoms with van der Waals surface area (Å²) in [4.78, 5) is 2.11. The molecule has 5 nitrogen and oxygen atoms in total. The molecule has 0 radical (unpaired) electrons. The number of likely N-dealkylation sites (N-methyl/N-ethyl adjacent to an activating group) is 1. The Hall–Kier alpha value is -0.950. The number of piperidine rings is 1. The average Bonchev–Trinajstić information content (AvgIpc) is 2.47. The smallest absolute Gasteiger partial charge is 0.218 e. The summed E-state index contributed by atoms with van der Waals surface area (Å²) in [5.41, 5.74) is 7.41. The summed E-state index contributed by atoms with van der Waals surface area (Å²) in [6.07, 6.45) is 1.97. The van der Waals surface area contributed by atoms with Crippen molar-refractivity contribution in [2.75, 3.05) is 27.2 Å². The fraction of sp³-hybridized carbons (Fsp3) is 0.600. The van der Waals surface area contributed by atoms with Gasteiger partial charge >= 0.3 is 0 Å². The highest BCUT2D eigenvalue weighted by Crippen LogP contribution is 2.21. The lowest BCUT2D eigenvalue weighted by atomic mass is 10.1. The summed E-state index contributed by atoms with van der Waals surface area (Å²) in [6, 6.07) is 7.80. The lowest BCUT2D eigenvalue weighted by Crippen LogP contribution is -2.47. The van der Waals surface area contributed by atoms with Crippen molar-refractivity contribution in [1.29, 1.82) is 0 Å². The number of hydrogen-bond acceptors (Lipinski definition) is 4. The van der Waals surface area contributed by atoms with Gasteiger partial charge in [-0.15, -0.1) is 0 Å². The molecule has 1 aliphatic heterocycles. The van der Waals surface area contributed by atoms with Crippen molar-refractivity contribution in [2.45, 2.75) is 31.2 Å². The van der Waals surface area contributed by atoms with Gasteiger partial charge in [0.25, 0.3) is 0 Å². The topological polar surface area (TPSA) is 66.6 Å². The summed E-state index contributed by atoms with van der Waals surface area (Å²) >= 11 is 0. The minimum Gasteiger partial charge on any atom is -0.326 e. The predicted molar refractivity (Wildman–Crippen MR) is 85.2 cm³/mol. The van der Waals surface area contributed by atoms with Gasteiger partial charge in [-0.25, -0.2) is 12.7 Å². The number of sulfonamides is 1. The Labute approximate surface area is 127 Å². The van der Waals surface area contributed by atoms with Gasteiger partial charge in [-0.1, -0.05) is 24.3 Å². The van der Waals surface area contributed by atoms with Crippen LogP contribution in [0, 0.1) is 0 Å². The maximum atomic E-state index is 12.7. The molecular weight excluding hydrogens is 286 g/mol. The Morgan fingerprint density at radius 1 is 1.29 bits per heavy atom. The second kappa shape index (κ2) is 6.87. The molecular formula is C15H25N3O2S. The molecule has 118 valence electrons. The third-order valence-electron chi connectivity index (χ3n) is 4.16. The van der Waals surface area contributed by atoms with Crippen LogP contribution in [0.4, 0.5) is 0 Å². The van der Waals surface area contributed by atoms with Crippen LogP contribution in [0.5, 0.6) is 0 Å². The summed E-state index contributed by atoms with van der Waals surface area (Å²) in [7, 11) is 0.725. The van der Waals surface area contributed by atoms with E-state index in [0.29, 0.717) is 25.7 Å². The monoisotopic (exact) mass is 311 g/mol. The number of rotatable bonds is 5. The quantitative estimate of drug-likeness (QED) is 0.881. The number of nitrogens with zero attached hydrogens (tertiary/aromatic N) is 2. The Balaban J connectivity index is 2.14. The van der Waals surface area contributed by atoms with Crippen LogP contribution in [-0.2, 0) is 22.3 Å². The second-order valence-corrected chi connectivity index (χ2v) is 7.82. The molecule has 1 aromatic carbocycles. The van der Waals surface area contributed by atoms with Crippen LogP contribution >= 0.6 is 0 Å². The largest absolute Gasteiger partial charge is 0.326 e. The van der Waals surface area contributed by atoms with E-state index in [1.165, 1.54) is 0 Å². The minimum atomic E-state index is -3.28. The van der Waals surface area contributed by atoms with Crippen LogP contribution in [0.25, 0.3) is 0 Å². The van der Waals surface area contributed by atoms with Crippen LogP contribution in [0.1, 0.15) is 24.0 Å². The Morgan fingerprint density at radius 2 is 1.95 bits per heavy atom. The number of nitrogens with two attached hydrogens (primary N) is 1. The van der Waals surface area contributed by atoms with Gasteiger partial charge in [0.05, 0.1) is 5.75 Å². The third-order valence-corrected chi connectivity index (χ3v) is 5.95. The first kappa shape index (κ1) is 16.4. The summed E-state index contributed by atoms with van der Waals surface area (Å²) in [5, 5.41) is 0. The highest BCUT2D eigenvalue weighted by Gasteiger charge is 2.30. The van der Waals surface area contributed by atoms with Crippen molar-refractivity contribution in [1.82, 2.24) is 9.21 Å². The van der Waals surface area contributed by atoms with Crippen molar-refractivity contribution in [3.63, 3.8) is 0 Å². The van der Waals surface area contributed by atoms with Gasteiger partial charge < -0.3 is 10.6 Å². The Kier molecular flexibility index (Phi) is 5.37. The van der Waals surface area contributed by atoms with E-state index in [4.69, 9.17) is 5.73 Å². The van der Waals surface area contributed by atoms with Crippen molar-refractivity contribution in [3.05, 3.63) is 35.4 Å². The molecule has 1 fully saturated rings. The molecule has 0 spiro atoms. The van der Waals surface area contributed by atoms with Crippen LogP contribution < -0.4 is 5.73 Å². The number of benzene rings is 1. The molecule has 2 rings (SSSR count). The van der Waals surface area contributed by atoms with Gasteiger partial charge in [0.15, 0.2) is 0 Å². The average molecular weight is 311 g/mol. The molecule has 0 saturated carbocycles. The summed E-state index contributed by atoms with van der Waals surface area (Å²) in [6.45, 7) is 1.57. The molecule has 6 heteroatoms. The molecule has 1 unspecified atom stereocenters. The van der Waals surface area contributed by atoms with E-state index in [0.717, 1.165) is 24.0 Å². The molecule has 0 amide bonds. The molecule has 1 aromatic rings. The van der Waals surface area contributed by atoms with Gasteiger partial charge in [0, 0.05) is 25.7 Å². The predicted octanol–water partition coefficient (Wildman–Crippen LogP) is 1.00. The molecule has 0 aliphatic carbocycles. The molecule has 1 atom stereocenters. The summed E-state index contributed by atoms with van der Waals surface area (Å²) in [5.74, 6) is 0.0422. The van der Waals surface area contributed by atoms with Crippen molar-refractivity contribution >= 4 is 10.0 Å². The van der Waals surface area contributed by atoms with Crippen LogP contribution in [0.2, 0.25) is 0 Å². The lowest BCUT2D eigenvalue weighted by Gasteiger charge is -2.35. The van der Waals surface area contributed by atoms with Gasteiger partial charge in [0.2, 0.25) is 10.0 Å². The summed E-state index contributed by atoms with van der Waals surface area (Å²) < 4.78 is 26.9. The highest BCUT2D eigenvalue weighted by atomic mass is 32.2. The van der Waals surface area contributed by atoms with E-state index in [1.54, 1.807) is 4.31 Å². The first-order valence-electron chi connectivity index (χ1n) is 7.35. The molecule has 21 heavy (non-hydrogen) atoms. The van der Waals surface area contributed by atoms with E-state index in [2.05, 4.69) is 4.90 Å². The third kappa shape index (κ3) is 4.03. The van der Waals surface area contributed by atoms with Crippen molar-refractivity contribution in [3.8, 4) is 0 Å². The number of hydrogen-bond donors (Lipinski definition) is 1. The van der Waals surface area contributed by atoms with Gasteiger partial charge in [-0.05, 0) is 38.1 Å². The zero-order valence-electron chi connectivity index (χ0n) is 12.8. The molecule has 2 N–H and O–H groups in total. The molecule has 1 aliphatic rings. The van der Waals surface area contributed by atoms with E-state index in [-0.39, 0.29) is 5.75 Å². The molecule has 0 aromatic heterocycles. The highest BCUT2D eigenvalue weighted by molar-refractivity contribution is 7.88. The van der Waals surface area contributed by atoms with Crippen LogP contribution in [0.3, 0.4) is 0 Å². The van der Waals surface area contributed by atoms with E-state index in [9.17, 15) is 8.42 Å². The maximum Gasteiger partial charge on any atom is 0.218 e. The molecule has 1 saturated heterocycles. The van der Waals surface area contributed by atoms with E-state index >= 15 is 0 Å². The van der Waals surface area contributed by atoms with Crippen LogP contribution in [0.15, 0.2) is 24.3 Å². The van der Waals surface area contributed by atoms with Gasteiger partial charge in [-0.2, -0.15) is 0 Å². The Morgan fingerprint density at radius 3 is 2.57 bits per heavy atom. The fourth-order valence-corrected chi connectivity index (χ4v) is 4.44. The zero-order chi connectivity index (χ0) is 15.5.